The molecule has 8 heteroatoms. The molecule has 0 spiro atoms. The molecule has 0 amide bonds. The van der Waals surface area contributed by atoms with Crippen LogP contribution in [-0.2, 0) is 15.9 Å². The van der Waals surface area contributed by atoms with Crippen molar-refractivity contribution in [1.29, 1.82) is 0 Å². The van der Waals surface area contributed by atoms with Crippen LogP contribution >= 0.6 is 39.1 Å². The fourth-order valence-corrected chi connectivity index (χ4v) is 3.56. The van der Waals surface area contributed by atoms with E-state index in [1.54, 1.807) is 24.3 Å². The highest BCUT2D eigenvalue weighted by molar-refractivity contribution is 9.10. The van der Waals surface area contributed by atoms with Crippen molar-refractivity contribution in [2.75, 3.05) is 0 Å². The van der Waals surface area contributed by atoms with Crippen molar-refractivity contribution in [2.24, 2.45) is 0 Å². The molecule has 20 heavy (non-hydrogen) atoms. The second-order valence-electron chi connectivity index (χ2n) is 3.82. The molecule has 2 aromatic rings. The maximum Gasteiger partial charge on any atom is 0.315 e. The predicted octanol–water partition coefficient (Wildman–Crippen LogP) is 4.06. The Hall–Kier alpha value is -0.820. The first-order valence-electron chi connectivity index (χ1n) is 5.34. The molecule has 0 atom stereocenters. The van der Waals surface area contributed by atoms with Gasteiger partial charge < -0.3 is 4.18 Å². The predicted molar refractivity (Wildman–Crippen MR) is 81.7 cm³/mol. The molecule has 0 aliphatic rings. The Kier molecular flexibility index (Phi) is 4.90. The molecule has 1 aromatic heterocycles. The maximum atomic E-state index is 12.0. The molecule has 0 N–H and O–H groups in total. The second kappa shape index (κ2) is 6.30. The summed E-state index contributed by atoms with van der Waals surface area (Å²) in [4.78, 5) is 3.75. The average molecular weight is 397 g/mol. The molecule has 0 saturated carbocycles. The minimum Gasteiger partial charge on any atom is -0.360 e. The zero-order valence-electron chi connectivity index (χ0n) is 9.89. The van der Waals surface area contributed by atoms with Gasteiger partial charge in [0.2, 0.25) is 0 Å². The summed E-state index contributed by atoms with van der Waals surface area (Å²) in [5.74, 6) is -0.488. The summed E-state index contributed by atoms with van der Waals surface area (Å²) >= 11 is 14.8. The Morgan fingerprint density at radius 2 is 1.95 bits per heavy atom. The first-order valence-corrected chi connectivity index (χ1v) is 8.46. The molecule has 0 fully saturated rings. The highest BCUT2D eigenvalue weighted by atomic mass is 79.9. The number of aromatic nitrogens is 1. The Morgan fingerprint density at radius 1 is 1.25 bits per heavy atom. The number of hydrogen-bond donors (Lipinski definition) is 0. The molecule has 0 bridgehead atoms. The van der Waals surface area contributed by atoms with E-state index >= 15 is 0 Å². The minimum absolute atomic E-state index is 0.0354. The van der Waals surface area contributed by atoms with Crippen molar-refractivity contribution in [3.05, 3.63) is 56.6 Å². The van der Waals surface area contributed by atoms with Crippen molar-refractivity contribution >= 4 is 49.2 Å². The van der Waals surface area contributed by atoms with Gasteiger partial charge in [0.25, 0.3) is 5.88 Å². The Labute approximate surface area is 134 Å². The van der Waals surface area contributed by atoms with Gasteiger partial charge >= 0.3 is 10.1 Å². The maximum absolute atomic E-state index is 12.0. The van der Waals surface area contributed by atoms with Gasteiger partial charge in [-0.2, -0.15) is 8.42 Å². The Bertz CT molecular complexity index is 737. The van der Waals surface area contributed by atoms with Gasteiger partial charge in [-0.15, -0.1) is 0 Å². The van der Waals surface area contributed by atoms with E-state index in [-0.39, 0.29) is 16.7 Å². The van der Waals surface area contributed by atoms with Crippen molar-refractivity contribution < 1.29 is 12.6 Å². The van der Waals surface area contributed by atoms with Crippen LogP contribution in [0.4, 0.5) is 0 Å². The monoisotopic (exact) mass is 395 g/mol. The fourth-order valence-electron chi connectivity index (χ4n) is 1.42. The van der Waals surface area contributed by atoms with E-state index in [4.69, 9.17) is 27.4 Å². The minimum atomic E-state index is -3.87. The number of hydrogen-bond acceptors (Lipinski definition) is 4. The summed E-state index contributed by atoms with van der Waals surface area (Å²) in [5.41, 5.74) is 0.581. The van der Waals surface area contributed by atoms with E-state index in [1.165, 1.54) is 12.3 Å². The third-order valence-electron chi connectivity index (χ3n) is 2.27. The quantitative estimate of drug-likeness (QED) is 0.731. The normalized spacial score (nSPS) is 11.3. The standard InChI is InChI=1S/C12H8BrCl2NO3S/c13-10-4-2-1-3-8(10)7-20(17,18)19-12-11(15)5-9(14)6-16-12/h1-6H,7H2. The molecule has 0 aliphatic carbocycles. The van der Waals surface area contributed by atoms with Gasteiger partial charge in [0.1, 0.15) is 10.8 Å². The molecule has 1 aromatic carbocycles. The van der Waals surface area contributed by atoms with Crippen LogP contribution in [0.5, 0.6) is 5.88 Å². The second-order valence-corrected chi connectivity index (χ2v) is 7.09. The van der Waals surface area contributed by atoms with Gasteiger partial charge in [0, 0.05) is 10.7 Å². The highest BCUT2D eigenvalue weighted by Gasteiger charge is 2.18. The zero-order valence-corrected chi connectivity index (χ0v) is 13.8. The van der Waals surface area contributed by atoms with Crippen LogP contribution in [0.25, 0.3) is 0 Å². The number of nitrogens with zero attached hydrogens (tertiary/aromatic N) is 1. The highest BCUT2D eigenvalue weighted by Crippen LogP contribution is 2.27. The van der Waals surface area contributed by atoms with Gasteiger partial charge in [-0.1, -0.05) is 57.3 Å². The van der Waals surface area contributed by atoms with Gasteiger partial charge in [-0.05, 0) is 17.7 Å². The van der Waals surface area contributed by atoms with E-state index in [0.29, 0.717) is 15.1 Å². The topological polar surface area (TPSA) is 56.3 Å². The SMILES string of the molecule is O=S(=O)(Cc1ccccc1Br)Oc1ncc(Cl)cc1Cl. The lowest BCUT2D eigenvalue weighted by Gasteiger charge is -2.08. The van der Waals surface area contributed by atoms with E-state index in [0.717, 1.165) is 0 Å². The summed E-state index contributed by atoms with van der Waals surface area (Å²) in [6.07, 6.45) is 1.26. The molecule has 0 saturated heterocycles. The smallest absolute Gasteiger partial charge is 0.315 e. The molecule has 1 heterocycles. The average Bonchev–Trinajstić information content (AvgIpc) is 2.35. The van der Waals surface area contributed by atoms with Crippen molar-refractivity contribution in [1.82, 2.24) is 4.98 Å². The van der Waals surface area contributed by atoms with Gasteiger partial charge in [-0.3, -0.25) is 0 Å². The van der Waals surface area contributed by atoms with Crippen molar-refractivity contribution in [2.45, 2.75) is 5.75 Å². The lowest BCUT2D eigenvalue weighted by molar-refractivity contribution is 0.475. The summed E-state index contributed by atoms with van der Waals surface area (Å²) in [6, 6.07) is 8.32. The fraction of sp³-hybridized carbons (Fsp3) is 0.0833. The molecular formula is C12H8BrCl2NO3S. The van der Waals surface area contributed by atoms with Crippen LogP contribution in [0.15, 0.2) is 41.0 Å². The van der Waals surface area contributed by atoms with Crippen LogP contribution in [-0.4, -0.2) is 13.4 Å². The van der Waals surface area contributed by atoms with Crippen LogP contribution in [0, 0.1) is 0 Å². The number of benzene rings is 1. The number of halogens is 3. The zero-order chi connectivity index (χ0) is 14.8. The lowest BCUT2D eigenvalue weighted by atomic mass is 10.2. The summed E-state index contributed by atoms with van der Waals surface area (Å²) in [7, 11) is -3.87. The van der Waals surface area contributed by atoms with Crippen molar-refractivity contribution in [3.8, 4) is 5.88 Å². The van der Waals surface area contributed by atoms with Crippen LogP contribution in [0.3, 0.4) is 0 Å². The summed E-state index contributed by atoms with van der Waals surface area (Å²) in [6.45, 7) is 0. The number of pyridine rings is 1. The first kappa shape index (κ1) is 15.6. The van der Waals surface area contributed by atoms with E-state index < -0.39 is 10.1 Å². The van der Waals surface area contributed by atoms with Crippen LogP contribution < -0.4 is 4.18 Å². The summed E-state index contributed by atoms with van der Waals surface area (Å²) in [5, 5.41) is 0.332. The van der Waals surface area contributed by atoms with Crippen LogP contribution in [0.1, 0.15) is 5.56 Å². The Morgan fingerprint density at radius 3 is 2.60 bits per heavy atom. The molecule has 4 nitrogen and oxygen atoms in total. The van der Waals surface area contributed by atoms with Gasteiger partial charge in [0.15, 0.2) is 0 Å². The largest absolute Gasteiger partial charge is 0.360 e. The Balaban J connectivity index is 2.22. The first-order chi connectivity index (χ1) is 9.37. The van der Waals surface area contributed by atoms with E-state index in [2.05, 4.69) is 20.9 Å². The van der Waals surface area contributed by atoms with E-state index in [1.807, 2.05) is 0 Å². The van der Waals surface area contributed by atoms with Crippen molar-refractivity contribution in [3.63, 3.8) is 0 Å². The molecule has 106 valence electrons. The molecule has 2 rings (SSSR count). The molecule has 0 unspecified atom stereocenters. The number of rotatable bonds is 4. The lowest BCUT2D eigenvalue weighted by Crippen LogP contribution is -2.13. The summed E-state index contributed by atoms with van der Waals surface area (Å²) < 4.78 is 29.5. The third kappa shape index (κ3) is 4.09. The molecule has 0 aliphatic heterocycles. The van der Waals surface area contributed by atoms with Gasteiger partial charge in [0.05, 0.1) is 5.02 Å². The molecular weight excluding hydrogens is 389 g/mol. The third-order valence-corrected chi connectivity index (χ3v) is 4.60. The van der Waals surface area contributed by atoms with Gasteiger partial charge in [-0.25, -0.2) is 4.98 Å². The van der Waals surface area contributed by atoms with Crippen LogP contribution in [0.2, 0.25) is 10.0 Å². The molecule has 0 radical (unpaired) electrons. The van der Waals surface area contributed by atoms with E-state index in [9.17, 15) is 8.42 Å².